The second-order valence-corrected chi connectivity index (χ2v) is 7.23. The third-order valence-electron chi connectivity index (χ3n) is 3.36. The van der Waals surface area contributed by atoms with E-state index in [4.69, 9.17) is 4.74 Å². The highest BCUT2D eigenvalue weighted by atomic mass is 32.2. The summed E-state index contributed by atoms with van der Waals surface area (Å²) in [5.41, 5.74) is 2.96. The van der Waals surface area contributed by atoms with Gasteiger partial charge in [-0.2, -0.15) is 5.10 Å². The molecule has 0 saturated heterocycles. The summed E-state index contributed by atoms with van der Waals surface area (Å²) in [5.74, 6) is -0.154. The van der Waals surface area contributed by atoms with Gasteiger partial charge in [-0.1, -0.05) is 18.2 Å². The molecule has 0 radical (unpaired) electrons. The van der Waals surface area contributed by atoms with E-state index >= 15 is 0 Å². The number of benzene rings is 2. The fraction of sp³-hybridized carbons (Fsp3) is 0.176. The number of aromatic hydroxyl groups is 1. The molecule has 0 aliphatic rings. The third kappa shape index (κ3) is 5.21. The summed E-state index contributed by atoms with van der Waals surface area (Å²) >= 11 is 0. The number of amides is 1. The summed E-state index contributed by atoms with van der Waals surface area (Å²) < 4.78 is 30.1. The Morgan fingerprint density at radius 2 is 2.00 bits per heavy atom. The summed E-state index contributed by atoms with van der Waals surface area (Å²) in [5, 5.41) is 13.4. The first-order valence-corrected chi connectivity index (χ1v) is 9.38. The number of hydrogen-bond acceptors (Lipinski definition) is 6. The normalized spacial score (nSPS) is 11.3. The van der Waals surface area contributed by atoms with Crippen molar-refractivity contribution in [2.45, 2.75) is 0 Å². The second-order valence-electron chi connectivity index (χ2n) is 5.32. The number of carbonyl (C=O) groups excluding carboxylic acids is 1. The van der Waals surface area contributed by atoms with Gasteiger partial charge in [0.15, 0.2) is 0 Å². The Balaban J connectivity index is 2.11. The number of nitrogens with one attached hydrogen (secondary N) is 1. The van der Waals surface area contributed by atoms with E-state index in [0.29, 0.717) is 17.0 Å². The van der Waals surface area contributed by atoms with Crippen LogP contribution in [-0.4, -0.2) is 45.6 Å². The van der Waals surface area contributed by atoms with E-state index in [-0.39, 0.29) is 5.75 Å². The topological polar surface area (TPSA) is 108 Å². The fourth-order valence-electron chi connectivity index (χ4n) is 2.10. The van der Waals surface area contributed by atoms with Crippen molar-refractivity contribution < 1.29 is 23.1 Å². The molecule has 0 spiro atoms. The largest absolute Gasteiger partial charge is 0.507 e. The molecule has 8 nitrogen and oxygen atoms in total. The Bertz CT molecular complexity index is 912. The Labute approximate surface area is 151 Å². The van der Waals surface area contributed by atoms with E-state index in [2.05, 4.69) is 10.5 Å². The number of phenols is 1. The molecule has 0 saturated carbocycles. The van der Waals surface area contributed by atoms with Gasteiger partial charge in [0.1, 0.15) is 18.0 Å². The van der Waals surface area contributed by atoms with Crippen LogP contribution < -0.4 is 14.5 Å². The van der Waals surface area contributed by atoms with Crippen LogP contribution in [0.25, 0.3) is 0 Å². The van der Waals surface area contributed by atoms with Gasteiger partial charge < -0.3 is 9.84 Å². The maximum absolute atomic E-state index is 12.1. The van der Waals surface area contributed by atoms with E-state index in [1.54, 1.807) is 36.4 Å². The van der Waals surface area contributed by atoms with Crippen LogP contribution in [0.2, 0.25) is 0 Å². The van der Waals surface area contributed by atoms with Crippen molar-refractivity contribution in [1.29, 1.82) is 0 Å². The first kappa shape index (κ1) is 19.3. The van der Waals surface area contributed by atoms with Gasteiger partial charge >= 0.3 is 0 Å². The van der Waals surface area contributed by atoms with Gasteiger partial charge in [0.2, 0.25) is 10.0 Å². The molecule has 0 aliphatic heterocycles. The van der Waals surface area contributed by atoms with Gasteiger partial charge in [0.05, 0.1) is 25.3 Å². The van der Waals surface area contributed by atoms with Crippen molar-refractivity contribution in [1.82, 2.24) is 5.43 Å². The van der Waals surface area contributed by atoms with Gasteiger partial charge in [-0.05, 0) is 24.3 Å². The first-order chi connectivity index (χ1) is 12.3. The van der Waals surface area contributed by atoms with Gasteiger partial charge in [0.25, 0.3) is 5.91 Å². The molecule has 2 aromatic rings. The lowest BCUT2D eigenvalue weighted by Crippen LogP contribution is -2.39. The Morgan fingerprint density at radius 3 is 2.65 bits per heavy atom. The summed E-state index contributed by atoms with van der Waals surface area (Å²) in [6.07, 6.45) is 2.27. The SMILES string of the molecule is COc1cccc(N(CC(=O)N/N=C\c2ccccc2O)S(C)(=O)=O)c1. The molecule has 9 heteroatoms. The molecule has 0 bridgehead atoms. The summed E-state index contributed by atoms with van der Waals surface area (Å²) in [6.45, 7) is -0.454. The van der Waals surface area contributed by atoms with Crippen molar-refractivity contribution in [2.24, 2.45) is 5.10 Å². The molecule has 0 aromatic heterocycles. The van der Waals surface area contributed by atoms with Crippen LogP contribution in [0.5, 0.6) is 11.5 Å². The third-order valence-corrected chi connectivity index (χ3v) is 4.50. The van der Waals surface area contributed by atoms with E-state index in [1.807, 2.05) is 0 Å². The summed E-state index contributed by atoms with van der Waals surface area (Å²) in [7, 11) is -2.23. The maximum atomic E-state index is 12.1. The molecule has 2 rings (SSSR count). The van der Waals surface area contributed by atoms with Crippen LogP contribution in [-0.2, 0) is 14.8 Å². The molecular formula is C17H19N3O5S. The number of hydrogen-bond donors (Lipinski definition) is 2. The van der Waals surface area contributed by atoms with Gasteiger partial charge in [0, 0.05) is 11.6 Å². The molecule has 0 atom stereocenters. The molecule has 1 amide bonds. The zero-order valence-corrected chi connectivity index (χ0v) is 15.1. The van der Waals surface area contributed by atoms with Gasteiger partial charge in [-0.25, -0.2) is 13.8 Å². The number of phenolic OH excluding ortho intramolecular Hbond substituents is 1. The number of rotatable bonds is 7. The summed E-state index contributed by atoms with van der Waals surface area (Å²) in [4.78, 5) is 12.1. The van der Waals surface area contributed by atoms with Crippen LogP contribution in [0.3, 0.4) is 0 Å². The van der Waals surface area contributed by atoms with Crippen LogP contribution in [0.15, 0.2) is 53.6 Å². The van der Waals surface area contributed by atoms with Crippen LogP contribution >= 0.6 is 0 Å². The lowest BCUT2D eigenvalue weighted by molar-refractivity contribution is -0.119. The van der Waals surface area contributed by atoms with E-state index < -0.39 is 22.5 Å². The number of anilines is 1. The quantitative estimate of drug-likeness (QED) is 0.559. The smallest absolute Gasteiger partial charge is 0.260 e. The first-order valence-electron chi connectivity index (χ1n) is 7.53. The monoisotopic (exact) mass is 377 g/mol. The Hall–Kier alpha value is -3.07. The highest BCUT2D eigenvalue weighted by molar-refractivity contribution is 7.92. The fourth-order valence-corrected chi connectivity index (χ4v) is 2.95. The maximum Gasteiger partial charge on any atom is 0.260 e. The van der Waals surface area contributed by atoms with E-state index in [0.717, 1.165) is 10.6 Å². The Morgan fingerprint density at radius 1 is 1.27 bits per heavy atom. The lowest BCUT2D eigenvalue weighted by Gasteiger charge is -2.21. The number of carbonyl (C=O) groups is 1. The minimum Gasteiger partial charge on any atom is -0.507 e. The van der Waals surface area contributed by atoms with E-state index in [9.17, 15) is 18.3 Å². The van der Waals surface area contributed by atoms with Crippen molar-refractivity contribution in [2.75, 3.05) is 24.2 Å². The number of hydrazone groups is 1. The van der Waals surface area contributed by atoms with Crippen molar-refractivity contribution in [3.8, 4) is 11.5 Å². The average molecular weight is 377 g/mol. The zero-order valence-electron chi connectivity index (χ0n) is 14.3. The van der Waals surface area contributed by atoms with Crippen LogP contribution in [0.4, 0.5) is 5.69 Å². The van der Waals surface area contributed by atoms with Crippen LogP contribution in [0, 0.1) is 0 Å². The highest BCUT2D eigenvalue weighted by Gasteiger charge is 2.21. The molecule has 0 unspecified atom stereocenters. The predicted molar refractivity (Wildman–Crippen MR) is 99.0 cm³/mol. The Kier molecular flexibility index (Phi) is 6.18. The second kappa shape index (κ2) is 8.34. The summed E-state index contributed by atoms with van der Waals surface area (Å²) in [6, 6.07) is 12.8. The number of para-hydroxylation sites is 1. The molecule has 2 aromatic carbocycles. The average Bonchev–Trinajstić information content (AvgIpc) is 2.60. The van der Waals surface area contributed by atoms with Crippen molar-refractivity contribution in [3.05, 3.63) is 54.1 Å². The molecule has 138 valence electrons. The minimum atomic E-state index is -3.70. The standard InChI is InChI=1S/C17H19N3O5S/c1-25-15-8-5-7-14(10-15)20(26(2,23)24)12-17(22)19-18-11-13-6-3-4-9-16(13)21/h3-11,21H,12H2,1-2H3,(H,19,22)/b18-11-. The predicted octanol–water partition coefficient (Wildman–Crippen LogP) is 1.32. The molecule has 0 fully saturated rings. The minimum absolute atomic E-state index is 0.0136. The lowest BCUT2D eigenvalue weighted by atomic mass is 10.2. The van der Waals surface area contributed by atoms with Crippen molar-refractivity contribution >= 4 is 27.8 Å². The number of ether oxygens (including phenoxy) is 1. The zero-order chi connectivity index (χ0) is 19.2. The molecular weight excluding hydrogens is 358 g/mol. The van der Waals surface area contributed by atoms with E-state index in [1.165, 1.54) is 25.5 Å². The highest BCUT2D eigenvalue weighted by Crippen LogP contribution is 2.22. The number of nitrogens with zero attached hydrogens (tertiary/aromatic N) is 2. The van der Waals surface area contributed by atoms with Gasteiger partial charge in [-0.3, -0.25) is 9.10 Å². The van der Waals surface area contributed by atoms with Crippen LogP contribution in [0.1, 0.15) is 5.56 Å². The molecule has 26 heavy (non-hydrogen) atoms. The number of sulfonamides is 1. The van der Waals surface area contributed by atoms with Gasteiger partial charge in [-0.15, -0.1) is 0 Å². The molecule has 2 N–H and O–H groups in total. The molecule has 0 aliphatic carbocycles. The van der Waals surface area contributed by atoms with Crippen molar-refractivity contribution in [3.63, 3.8) is 0 Å². The number of methoxy groups -OCH3 is 1. The molecule has 0 heterocycles.